The molecule has 0 spiro atoms. The molecule has 1 amide bonds. The monoisotopic (exact) mass is 453 g/mol. The molecule has 4 rings (SSSR count). The summed E-state index contributed by atoms with van der Waals surface area (Å²) in [5.74, 6) is 0.816. The molecule has 1 fully saturated rings. The van der Waals surface area contributed by atoms with Crippen molar-refractivity contribution in [2.45, 2.75) is 33.2 Å². The van der Waals surface area contributed by atoms with Gasteiger partial charge in [0.2, 0.25) is 0 Å². The molecular formula is C24H27N3O4S. The van der Waals surface area contributed by atoms with Gasteiger partial charge in [0, 0.05) is 18.0 Å². The second kappa shape index (κ2) is 9.65. The largest absolute Gasteiger partial charge is 0.462 e. The van der Waals surface area contributed by atoms with E-state index in [2.05, 4.69) is 10.2 Å². The quantitative estimate of drug-likeness (QED) is 0.629. The molecule has 1 atom stereocenters. The van der Waals surface area contributed by atoms with E-state index in [0.717, 1.165) is 29.4 Å². The smallest absolute Gasteiger partial charge is 0.338 e. The van der Waals surface area contributed by atoms with Crippen LogP contribution in [0.15, 0.2) is 63.3 Å². The number of nitrogens with zero attached hydrogens (tertiary/aromatic N) is 2. The molecule has 7 nitrogen and oxygen atoms in total. The molecule has 0 radical (unpaired) electrons. The lowest BCUT2D eigenvalue weighted by Crippen LogP contribution is -2.42. The summed E-state index contributed by atoms with van der Waals surface area (Å²) in [5, 5.41) is 3.79. The number of carbonyl (C=O) groups is 2. The first-order chi connectivity index (χ1) is 15.4. The van der Waals surface area contributed by atoms with Gasteiger partial charge in [0.1, 0.15) is 0 Å². The Labute approximate surface area is 191 Å². The fourth-order valence-corrected chi connectivity index (χ4v) is 4.80. The maximum Gasteiger partial charge on any atom is 0.338 e. The van der Waals surface area contributed by atoms with Crippen LogP contribution in [-0.4, -0.2) is 40.8 Å². The number of amidine groups is 1. The van der Waals surface area contributed by atoms with Crippen molar-refractivity contribution in [2.24, 2.45) is 10.9 Å². The number of amides is 1. The van der Waals surface area contributed by atoms with Crippen LogP contribution in [0.25, 0.3) is 0 Å². The van der Waals surface area contributed by atoms with Crippen molar-refractivity contribution in [1.82, 2.24) is 4.90 Å². The number of esters is 1. The lowest BCUT2D eigenvalue weighted by Gasteiger charge is -2.40. The molecule has 0 saturated carbocycles. The Morgan fingerprint density at radius 1 is 1.31 bits per heavy atom. The minimum atomic E-state index is -0.343. The van der Waals surface area contributed by atoms with Crippen LogP contribution in [0.4, 0.5) is 5.69 Å². The van der Waals surface area contributed by atoms with Gasteiger partial charge in [-0.3, -0.25) is 4.79 Å². The normalized spacial score (nSPS) is 18.3. The fourth-order valence-electron chi connectivity index (χ4n) is 3.78. The number of ether oxygens (including phenoxy) is 1. The first kappa shape index (κ1) is 22.2. The number of benzene rings is 1. The predicted octanol–water partition coefficient (Wildman–Crippen LogP) is 4.85. The zero-order valence-corrected chi connectivity index (χ0v) is 19.3. The minimum Gasteiger partial charge on any atom is -0.462 e. The number of hydrogen-bond donors (Lipinski definition) is 1. The highest BCUT2D eigenvalue weighted by Crippen LogP contribution is 2.40. The summed E-state index contributed by atoms with van der Waals surface area (Å²) in [6.07, 6.45) is 2.47. The van der Waals surface area contributed by atoms with Crippen LogP contribution in [0.1, 0.15) is 49.4 Å². The van der Waals surface area contributed by atoms with Gasteiger partial charge in [0.05, 0.1) is 30.2 Å². The van der Waals surface area contributed by atoms with Gasteiger partial charge in [0.15, 0.2) is 10.9 Å². The van der Waals surface area contributed by atoms with E-state index < -0.39 is 0 Å². The van der Waals surface area contributed by atoms with E-state index in [0.29, 0.717) is 23.6 Å². The first-order valence-corrected chi connectivity index (χ1v) is 11.7. The third kappa shape index (κ3) is 4.75. The molecule has 1 N–H and O–H groups in total. The molecule has 8 heteroatoms. The molecule has 1 unspecified atom stereocenters. The number of thioether (sulfide) groups is 1. The topological polar surface area (TPSA) is 84.1 Å². The highest BCUT2D eigenvalue weighted by molar-refractivity contribution is 8.13. The number of furan rings is 1. The Balaban J connectivity index is 1.67. The van der Waals surface area contributed by atoms with Gasteiger partial charge < -0.3 is 19.4 Å². The minimum absolute atomic E-state index is 0.239. The van der Waals surface area contributed by atoms with Crippen molar-refractivity contribution in [3.63, 3.8) is 0 Å². The van der Waals surface area contributed by atoms with Crippen molar-refractivity contribution in [3.8, 4) is 0 Å². The number of fused-ring (bicyclic) bond motifs is 1. The number of aliphatic imine (C=N–C) groups is 1. The number of nitrogens with one attached hydrogen (secondary N) is 1. The zero-order valence-electron chi connectivity index (χ0n) is 18.5. The number of rotatable bonds is 6. The highest BCUT2D eigenvalue weighted by atomic mass is 32.2. The zero-order chi connectivity index (χ0) is 22.7. The SMILES string of the molecule is CC1=C(C(=O)OCC(C)C)C(c2cccc(NC(=O)c3ccco3)c2)N2CCCSC2=N1. The molecule has 0 bridgehead atoms. The van der Waals surface area contributed by atoms with E-state index in [1.807, 2.05) is 45.0 Å². The Hall–Kier alpha value is -3.00. The van der Waals surface area contributed by atoms with Crippen molar-refractivity contribution < 1.29 is 18.7 Å². The van der Waals surface area contributed by atoms with E-state index in [-0.39, 0.29) is 29.6 Å². The van der Waals surface area contributed by atoms with Crippen LogP contribution in [0.2, 0.25) is 0 Å². The van der Waals surface area contributed by atoms with Crippen LogP contribution >= 0.6 is 11.8 Å². The first-order valence-electron chi connectivity index (χ1n) is 10.7. The average molecular weight is 454 g/mol. The number of anilines is 1. The third-order valence-electron chi connectivity index (χ3n) is 5.23. The molecule has 168 valence electrons. The summed E-state index contributed by atoms with van der Waals surface area (Å²) >= 11 is 1.70. The number of carbonyl (C=O) groups excluding carboxylic acids is 2. The summed E-state index contributed by atoms with van der Waals surface area (Å²) in [7, 11) is 0. The molecule has 2 aromatic rings. The summed E-state index contributed by atoms with van der Waals surface area (Å²) in [6.45, 7) is 7.03. The molecule has 32 heavy (non-hydrogen) atoms. The van der Waals surface area contributed by atoms with Crippen LogP contribution in [0.5, 0.6) is 0 Å². The van der Waals surface area contributed by atoms with Crippen molar-refractivity contribution in [1.29, 1.82) is 0 Å². The van der Waals surface area contributed by atoms with Gasteiger partial charge >= 0.3 is 5.97 Å². The second-order valence-corrected chi connectivity index (χ2v) is 9.30. The molecule has 2 aliphatic heterocycles. The van der Waals surface area contributed by atoms with Crippen LogP contribution in [0.3, 0.4) is 0 Å². The lowest BCUT2D eigenvalue weighted by atomic mass is 9.94. The summed E-state index contributed by atoms with van der Waals surface area (Å²) in [5.41, 5.74) is 2.75. The predicted molar refractivity (Wildman–Crippen MR) is 126 cm³/mol. The molecule has 1 aromatic heterocycles. The molecule has 0 aliphatic carbocycles. The van der Waals surface area contributed by atoms with E-state index in [1.165, 1.54) is 6.26 Å². The van der Waals surface area contributed by atoms with Gasteiger partial charge in [-0.15, -0.1) is 0 Å². The van der Waals surface area contributed by atoms with Crippen molar-refractivity contribution in [3.05, 3.63) is 65.3 Å². The van der Waals surface area contributed by atoms with Crippen LogP contribution in [0, 0.1) is 5.92 Å². The van der Waals surface area contributed by atoms with Gasteiger partial charge in [-0.05, 0) is 49.1 Å². The number of hydrogen-bond acceptors (Lipinski definition) is 7. The lowest BCUT2D eigenvalue weighted by molar-refractivity contribution is -0.140. The molecule has 1 saturated heterocycles. The van der Waals surface area contributed by atoms with Gasteiger partial charge in [0.25, 0.3) is 5.91 Å². The van der Waals surface area contributed by atoms with Crippen LogP contribution in [-0.2, 0) is 9.53 Å². The average Bonchev–Trinajstić information content (AvgIpc) is 3.32. The highest BCUT2D eigenvalue weighted by Gasteiger charge is 2.38. The standard InChI is InChI=1S/C24H27N3O4S/c1-15(2)14-31-23(29)20-16(3)25-24-27(10-6-12-32-24)21(20)17-7-4-8-18(13-17)26-22(28)19-9-5-11-30-19/h4-5,7-9,11,13,15,21H,6,10,12,14H2,1-3H3,(H,26,28). The maximum absolute atomic E-state index is 13.1. The fraction of sp³-hybridized carbons (Fsp3) is 0.375. The maximum atomic E-state index is 13.1. The molecular weight excluding hydrogens is 426 g/mol. The van der Waals surface area contributed by atoms with Crippen LogP contribution < -0.4 is 5.32 Å². The summed E-state index contributed by atoms with van der Waals surface area (Å²) in [4.78, 5) is 32.5. The van der Waals surface area contributed by atoms with Crippen molar-refractivity contribution in [2.75, 3.05) is 24.2 Å². The van der Waals surface area contributed by atoms with Gasteiger partial charge in [-0.2, -0.15) is 0 Å². The van der Waals surface area contributed by atoms with E-state index >= 15 is 0 Å². The molecule has 3 heterocycles. The summed E-state index contributed by atoms with van der Waals surface area (Å²) < 4.78 is 10.8. The van der Waals surface area contributed by atoms with E-state index in [4.69, 9.17) is 14.1 Å². The van der Waals surface area contributed by atoms with E-state index in [1.54, 1.807) is 23.9 Å². The molecule has 2 aliphatic rings. The Kier molecular flexibility index (Phi) is 6.69. The second-order valence-electron chi connectivity index (χ2n) is 8.24. The van der Waals surface area contributed by atoms with Crippen molar-refractivity contribution >= 4 is 34.5 Å². The third-order valence-corrected chi connectivity index (χ3v) is 6.31. The van der Waals surface area contributed by atoms with Gasteiger partial charge in [-0.25, -0.2) is 9.79 Å². The number of allylic oxidation sites excluding steroid dienone is 1. The Morgan fingerprint density at radius 2 is 2.16 bits per heavy atom. The van der Waals surface area contributed by atoms with Gasteiger partial charge in [-0.1, -0.05) is 37.7 Å². The molecule has 1 aromatic carbocycles. The van der Waals surface area contributed by atoms with E-state index in [9.17, 15) is 9.59 Å². The summed E-state index contributed by atoms with van der Waals surface area (Å²) in [6, 6.07) is 10.5. The Morgan fingerprint density at radius 3 is 2.91 bits per heavy atom. The Bertz CT molecular complexity index is 1060.